The van der Waals surface area contributed by atoms with Gasteiger partial charge in [-0.3, -0.25) is 14.6 Å². The highest BCUT2D eigenvalue weighted by Crippen LogP contribution is 2.35. The van der Waals surface area contributed by atoms with Crippen molar-refractivity contribution in [2.75, 3.05) is 39.0 Å². The van der Waals surface area contributed by atoms with E-state index in [2.05, 4.69) is 20.5 Å². The number of nitrogens with one attached hydrogen (secondary N) is 3. The number of nitrogens with zero attached hydrogens (tertiary/aromatic N) is 4. The minimum absolute atomic E-state index is 0.00868. The van der Waals surface area contributed by atoms with Crippen LogP contribution in [0.3, 0.4) is 0 Å². The molecule has 0 aliphatic rings. The van der Waals surface area contributed by atoms with Gasteiger partial charge in [-0.1, -0.05) is 6.07 Å². The smallest absolute Gasteiger partial charge is 0.269 e. The lowest BCUT2D eigenvalue weighted by Crippen LogP contribution is -2.27. The van der Waals surface area contributed by atoms with Gasteiger partial charge in [0.25, 0.3) is 15.9 Å². The van der Waals surface area contributed by atoms with Crippen LogP contribution in [0, 0.1) is 28.8 Å². The van der Waals surface area contributed by atoms with Crippen molar-refractivity contribution < 1.29 is 31.1 Å². The maximum atomic E-state index is 15.6. The second-order valence-corrected chi connectivity index (χ2v) is 10.7. The minimum atomic E-state index is -4.65. The van der Waals surface area contributed by atoms with E-state index in [0.717, 1.165) is 32.0 Å². The first-order valence-electron chi connectivity index (χ1n) is 12.0. The summed E-state index contributed by atoms with van der Waals surface area (Å²) in [6.07, 6.45) is 1.76. The highest BCUT2D eigenvalue weighted by atomic mass is 32.2. The van der Waals surface area contributed by atoms with Gasteiger partial charge in [0, 0.05) is 35.3 Å². The largest absolute Gasteiger partial charge is 0.480 e. The summed E-state index contributed by atoms with van der Waals surface area (Å²) < 4.78 is 78.7. The van der Waals surface area contributed by atoms with Crippen LogP contribution < -0.4 is 14.8 Å². The molecule has 4 aromatic rings. The molecular formula is C26H24F3N7O4S. The summed E-state index contributed by atoms with van der Waals surface area (Å²) in [7, 11) is 0.288. The van der Waals surface area contributed by atoms with E-state index in [-0.39, 0.29) is 28.0 Å². The molecule has 0 fully saturated rings. The van der Waals surface area contributed by atoms with Crippen LogP contribution >= 0.6 is 0 Å². The van der Waals surface area contributed by atoms with Gasteiger partial charge in [0.2, 0.25) is 5.88 Å². The molecule has 214 valence electrons. The van der Waals surface area contributed by atoms with Crippen LogP contribution in [0.15, 0.2) is 41.4 Å². The molecule has 0 aliphatic heterocycles. The fraction of sp³-hybridized carbons (Fsp3) is 0.231. The van der Waals surface area contributed by atoms with Crippen molar-refractivity contribution in [2.45, 2.75) is 11.3 Å². The molecule has 0 saturated heterocycles. The number of anilines is 1. The van der Waals surface area contributed by atoms with Gasteiger partial charge in [0.05, 0.1) is 18.4 Å². The second kappa shape index (κ2) is 11.8. The van der Waals surface area contributed by atoms with Crippen LogP contribution in [0.4, 0.5) is 18.9 Å². The molecule has 15 heteroatoms. The van der Waals surface area contributed by atoms with Crippen LogP contribution in [-0.2, 0) is 10.0 Å². The third kappa shape index (κ3) is 6.08. The molecule has 41 heavy (non-hydrogen) atoms. The molecule has 2 aromatic carbocycles. The number of carbonyl (C=O) groups excluding carboxylic acids is 1. The monoisotopic (exact) mass is 587 g/mol. The zero-order valence-electron chi connectivity index (χ0n) is 22.0. The number of fused-ring (bicyclic) bond motifs is 1. The molecule has 1 amide bonds. The van der Waals surface area contributed by atoms with E-state index >= 15 is 8.78 Å². The van der Waals surface area contributed by atoms with E-state index < -0.39 is 55.1 Å². The highest BCUT2D eigenvalue weighted by molar-refractivity contribution is 7.92. The summed E-state index contributed by atoms with van der Waals surface area (Å²) in [5.74, 6) is -4.32. The number of benzene rings is 2. The molecule has 0 spiro atoms. The van der Waals surface area contributed by atoms with Gasteiger partial charge in [-0.15, -0.1) is 0 Å². The molecule has 0 atom stereocenters. The quantitative estimate of drug-likeness (QED) is 0.239. The number of hydrogen-bond donors (Lipinski definition) is 3. The first kappa shape index (κ1) is 29.3. The number of nitriles is 1. The lowest BCUT2D eigenvalue weighted by atomic mass is 10.0. The number of pyridine rings is 1. The Balaban J connectivity index is 1.69. The Hall–Kier alpha value is -4.68. The molecule has 0 aliphatic carbocycles. The van der Waals surface area contributed by atoms with E-state index in [4.69, 9.17) is 10.00 Å². The Morgan fingerprint density at radius 3 is 2.59 bits per heavy atom. The first-order valence-corrected chi connectivity index (χ1v) is 13.5. The maximum absolute atomic E-state index is 15.6. The van der Waals surface area contributed by atoms with Gasteiger partial charge in [-0.25, -0.2) is 26.6 Å². The van der Waals surface area contributed by atoms with Crippen LogP contribution in [0.5, 0.6) is 5.88 Å². The van der Waals surface area contributed by atoms with E-state index in [9.17, 15) is 17.6 Å². The molecule has 2 aromatic heterocycles. The van der Waals surface area contributed by atoms with Crippen molar-refractivity contribution in [3.8, 4) is 23.1 Å². The lowest BCUT2D eigenvalue weighted by molar-refractivity contribution is 0.0949. The zero-order chi connectivity index (χ0) is 29.9. The number of aromatic nitrogens is 3. The Bertz CT molecular complexity index is 1790. The second-order valence-electron chi connectivity index (χ2n) is 9.10. The summed E-state index contributed by atoms with van der Waals surface area (Å²) in [4.78, 5) is 17.7. The van der Waals surface area contributed by atoms with Crippen molar-refractivity contribution >= 4 is 32.5 Å². The average molecular weight is 588 g/mol. The number of carbonyl (C=O) groups is 1. The molecular weight excluding hydrogens is 563 g/mol. The van der Waals surface area contributed by atoms with E-state index in [1.807, 2.05) is 23.7 Å². The van der Waals surface area contributed by atoms with E-state index in [1.165, 1.54) is 6.07 Å². The molecule has 0 radical (unpaired) electrons. The van der Waals surface area contributed by atoms with Crippen LogP contribution in [-0.4, -0.2) is 68.7 Å². The van der Waals surface area contributed by atoms with E-state index in [0.29, 0.717) is 25.1 Å². The van der Waals surface area contributed by atoms with Crippen molar-refractivity contribution in [1.82, 2.24) is 25.4 Å². The van der Waals surface area contributed by atoms with Crippen molar-refractivity contribution in [1.29, 1.82) is 5.26 Å². The molecule has 11 nitrogen and oxygen atoms in total. The van der Waals surface area contributed by atoms with Gasteiger partial charge in [-0.05, 0) is 45.3 Å². The minimum Gasteiger partial charge on any atom is -0.480 e. The third-order valence-corrected chi connectivity index (χ3v) is 7.32. The van der Waals surface area contributed by atoms with Gasteiger partial charge >= 0.3 is 0 Å². The number of methoxy groups -OCH3 is 1. The molecule has 3 N–H and O–H groups in total. The molecule has 0 unspecified atom stereocenters. The Morgan fingerprint density at radius 2 is 1.90 bits per heavy atom. The lowest BCUT2D eigenvalue weighted by Gasteiger charge is -2.14. The number of aromatic amines is 1. The van der Waals surface area contributed by atoms with Crippen LogP contribution in [0.1, 0.15) is 22.5 Å². The fourth-order valence-electron chi connectivity index (χ4n) is 4.01. The van der Waals surface area contributed by atoms with Gasteiger partial charge in [0.1, 0.15) is 23.1 Å². The van der Waals surface area contributed by atoms with Gasteiger partial charge < -0.3 is 15.0 Å². The molecule has 0 bridgehead atoms. The summed E-state index contributed by atoms with van der Waals surface area (Å²) in [5.41, 5.74) is -2.28. The molecule has 4 rings (SSSR count). The predicted octanol–water partition coefficient (Wildman–Crippen LogP) is 3.40. The topological polar surface area (TPSA) is 153 Å². The summed E-state index contributed by atoms with van der Waals surface area (Å²) in [6, 6.07) is 6.41. The average Bonchev–Trinajstić information content (AvgIpc) is 3.38. The fourth-order valence-corrected chi connectivity index (χ4v) is 5.21. The number of H-pyrrole nitrogens is 1. The predicted molar refractivity (Wildman–Crippen MR) is 143 cm³/mol. The Labute approximate surface area is 233 Å². The number of amides is 1. The molecule has 2 heterocycles. The molecule has 0 saturated carbocycles. The van der Waals surface area contributed by atoms with Gasteiger partial charge in [0.15, 0.2) is 16.5 Å². The SMILES string of the molecule is COc1ncc(C#N)cc1S(=O)(=O)Nc1cc(F)cc(-c2ccc3c(C(=O)NCCCN(C)C)[nH]nc3c2F)c1F. The van der Waals surface area contributed by atoms with Crippen LogP contribution in [0.2, 0.25) is 0 Å². The number of halogens is 3. The maximum Gasteiger partial charge on any atom is 0.269 e. The van der Waals surface area contributed by atoms with Gasteiger partial charge in [-0.2, -0.15) is 10.4 Å². The van der Waals surface area contributed by atoms with Crippen molar-refractivity contribution in [3.63, 3.8) is 0 Å². The van der Waals surface area contributed by atoms with Crippen molar-refractivity contribution in [2.24, 2.45) is 0 Å². The summed E-state index contributed by atoms with van der Waals surface area (Å²) in [6.45, 7) is 1.12. The van der Waals surface area contributed by atoms with Crippen molar-refractivity contribution in [3.05, 3.63) is 65.2 Å². The Kier molecular flexibility index (Phi) is 8.45. The summed E-state index contributed by atoms with van der Waals surface area (Å²) in [5, 5.41) is 18.2. The number of ether oxygens (including phenoxy) is 1. The normalized spacial score (nSPS) is 11.5. The third-order valence-electron chi connectivity index (χ3n) is 5.96. The van der Waals surface area contributed by atoms with E-state index in [1.54, 1.807) is 6.07 Å². The first-order chi connectivity index (χ1) is 19.5. The number of rotatable bonds is 10. The van der Waals surface area contributed by atoms with Crippen LogP contribution in [0.25, 0.3) is 22.0 Å². The zero-order valence-corrected chi connectivity index (χ0v) is 22.9. The highest BCUT2D eigenvalue weighted by Gasteiger charge is 2.26. The number of sulfonamides is 1. The standard InChI is InChI=1S/C26H24F3N7O4S/c1-36(2)8-4-7-31-25(37)24-17-6-5-16(22(29)23(17)33-34-24)18-10-15(27)11-19(21(18)28)35-41(38,39)20-9-14(12-30)13-32-26(20)40-3/h5-6,9-11,13,35H,4,7-8H2,1-3H3,(H,31,37)(H,33,34). The number of hydrogen-bond acceptors (Lipinski definition) is 8. The summed E-state index contributed by atoms with van der Waals surface area (Å²) >= 11 is 0. The Morgan fingerprint density at radius 1 is 1.15 bits per heavy atom.